The van der Waals surface area contributed by atoms with Crippen LogP contribution in [0.25, 0.3) is 0 Å². The highest BCUT2D eigenvalue weighted by Crippen LogP contribution is 2.24. The number of carbonyl (C=O) groups excluding carboxylic acids is 2. The van der Waals surface area contributed by atoms with Gasteiger partial charge in [0, 0.05) is 30.0 Å². The lowest BCUT2D eigenvalue weighted by Crippen LogP contribution is -2.44. The summed E-state index contributed by atoms with van der Waals surface area (Å²) in [4.78, 5) is 26.2. The minimum absolute atomic E-state index is 0.270. The SMILES string of the molecule is C#Cc1ccc(NC(=O)C(=O)N2CCC(n3nc(C)cc3C)CC2)cc1. The third-order valence-corrected chi connectivity index (χ3v) is 4.65. The standard InChI is InChI=1S/C20H22N4O2/c1-4-16-5-7-17(8-6-16)21-19(25)20(26)23-11-9-18(10-12-23)24-15(3)13-14(2)22-24/h1,5-8,13,18H,9-12H2,2-3H3,(H,21,25). The van der Waals surface area contributed by atoms with Gasteiger partial charge in [-0.15, -0.1) is 6.42 Å². The van der Waals surface area contributed by atoms with E-state index in [1.807, 2.05) is 18.5 Å². The predicted molar refractivity (Wildman–Crippen MR) is 99.6 cm³/mol. The Morgan fingerprint density at radius 1 is 1.19 bits per heavy atom. The fourth-order valence-electron chi connectivity index (χ4n) is 3.31. The minimum Gasteiger partial charge on any atom is -0.334 e. The van der Waals surface area contributed by atoms with Gasteiger partial charge < -0.3 is 10.2 Å². The summed E-state index contributed by atoms with van der Waals surface area (Å²) < 4.78 is 2.03. The number of nitrogens with zero attached hydrogens (tertiary/aromatic N) is 3. The van der Waals surface area contributed by atoms with Crippen LogP contribution in [0.3, 0.4) is 0 Å². The molecular weight excluding hydrogens is 328 g/mol. The van der Waals surface area contributed by atoms with E-state index >= 15 is 0 Å². The zero-order valence-corrected chi connectivity index (χ0v) is 15.0. The zero-order chi connectivity index (χ0) is 18.7. The molecule has 1 N–H and O–H groups in total. The van der Waals surface area contributed by atoms with Crippen LogP contribution in [-0.4, -0.2) is 39.6 Å². The summed E-state index contributed by atoms with van der Waals surface area (Å²) in [7, 11) is 0. The molecule has 1 aliphatic rings. The maximum Gasteiger partial charge on any atom is 0.313 e. The van der Waals surface area contributed by atoms with Crippen LogP contribution in [0.2, 0.25) is 0 Å². The van der Waals surface area contributed by atoms with E-state index in [2.05, 4.69) is 22.4 Å². The van der Waals surface area contributed by atoms with Gasteiger partial charge >= 0.3 is 11.8 Å². The van der Waals surface area contributed by atoms with Crippen molar-refractivity contribution in [3.05, 3.63) is 47.3 Å². The number of piperidine rings is 1. The molecule has 26 heavy (non-hydrogen) atoms. The van der Waals surface area contributed by atoms with Crippen molar-refractivity contribution in [2.45, 2.75) is 32.7 Å². The Labute approximate surface area is 153 Å². The first kappa shape index (κ1) is 17.7. The Hall–Kier alpha value is -3.07. The van der Waals surface area contributed by atoms with Crippen LogP contribution in [0.1, 0.15) is 35.8 Å². The van der Waals surface area contributed by atoms with E-state index in [0.29, 0.717) is 18.8 Å². The van der Waals surface area contributed by atoms with E-state index in [1.165, 1.54) is 0 Å². The zero-order valence-electron chi connectivity index (χ0n) is 15.0. The largest absolute Gasteiger partial charge is 0.334 e. The summed E-state index contributed by atoms with van der Waals surface area (Å²) >= 11 is 0. The van der Waals surface area contributed by atoms with E-state index in [1.54, 1.807) is 29.2 Å². The average Bonchev–Trinajstić information content (AvgIpc) is 3.00. The monoisotopic (exact) mass is 350 g/mol. The number of aryl methyl sites for hydroxylation is 2. The van der Waals surface area contributed by atoms with Gasteiger partial charge in [0.2, 0.25) is 0 Å². The number of hydrogen-bond acceptors (Lipinski definition) is 3. The molecule has 0 saturated carbocycles. The molecule has 2 amide bonds. The molecule has 0 unspecified atom stereocenters. The van der Waals surface area contributed by atoms with Gasteiger partial charge in [0.25, 0.3) is 0 Å². The van der Waals surface area contributed by atoms with E-state index in [9.17, 15) is 9.59 Å². The molecule has 1 aromatic heterocycles. The number of likely N-dealkylation sites (tertiary alicyclic amines) is 1. The van der Waals surface area contributed by atoms with Gasteiger partial charge in [0.1, 0.15) is 0 Å². The highest BCUT2D eigenvalue weighted by atomic mass is 16.2. The number of hydrogen-bond donors (Lipinski definition) is 1. The van der Waals surface area contributed by atoms with Gasteiger partial charge in [0.05, 0.1) is 11.7 Å². The lowest BCUT2D eigenvalue weighted by atomic mass is 10.0. The third-order valence-electron chi connectivity index (χ3n) is 4.65. The number of aromatic nitrogens is 2. The first-order chi connectivity index (χ1) is 12.5. The second-order valence-electron chi connectivity index (χ2n) is 6.57. The lowest BCUT2D eigenvalue weighted by molar-refractivity contribution is -0.144. The second-order valence-corrected chi connectivity index (χ2v) is 6.57. The van der Waals surface area contributed by atoms with E-state index < -0.39 is 11.8 Å². The van der Waals surface area contributed by atoms with E-state index in [-0.39, 0.29) is 6.04 Å². The Kier molecular flexibility index (Phi) is 5.08. The van der Waals surface area contributed by atoms with Crippen LogP contribution in [-0.2, 0) is 9.59 Å². The third kappa shape index (κ3) is 3.77. The molecule has 2 aromatic rings. The van der Waals surface area contributed by atoms with Crippen LogP contribution in [0.4, 0.5) is 5.69 Å². The molecule has 0 bridgehead atoms. The normalized spacial score (nSPS) is 14.7. The summed E-state index contributed by atoms with van der Waals surface area (Å²) in [5.41, 5.74) is 3.40. The van der Waals surface area contributed by atoms with Crippen LogP contribution < -0.4 is 5.32 Å². The number of carbonyl (C=O) groups is 2. The Morgan fingerprint density at radius 2 is 1.85 bits per heavy atom. The number of amides is 2. The molecule has 6 heteroatoms. The summed E-state index contributed by atoms with van der Waals surface area (Å²) in [6.45, 7) is 5.11. The number of anilines is 1. The molecule has 6 nitrogen and oxygen atoms in total. The van der Waals surface area contributed by atoms with Gasteiger partial charge in [-0.3, -0.25) is 14.3 Å². The quantitative estimate of drug-likeness (QED) is 0.667. The van der Waals surface area contributed by atoms with Crippen molar-refractivity contribution in [3.8, 4) is 12.3 Å². The molecule has 1 aromatic carbocycles. The fraction of sp³-hybridized carbons (Fsp3) is 0.350. The van der Waals surface area contributed by atoms with Gasteiger partial charge in [-0.25, -0.2) is 0 Å². The van der Waals surface area contributed by atoms with Crippen molar-refractivity contribution < 1.29 is 9.59 Å². The fourth-order valence-corrected chi connectivity index (χ4v) is 3.31. The minimum atomic E-state index is -0.622. The lowest BCUT2D eigenvalue weighted by Gasteiger charge is -2.32. The summed E-state index contributed by atoms with van der Waals surface area (Å²) in [5.74, 6) is 1.39. The first-order valence-electron chi connectivity index (χ1n) is 8.67. The number of rotatable bonds is 2. The molecule has 2 heterocycles. The van der Waals surface area contributed by atoms with Crippen LogP contribution in [0.5, 0.6) is 0 Å². The van der Waals surface area contributed by atoms with Crippen molar-refractivity contribution in [2.24, 2.45) is 0 Å². The maximum absolute atomic E-state index is 12.4. The maximum atomic E-state index is 12.4. The summed E-state index contributed by atoms with van der Waals surface area (Å²) in [6, 6.07) is 9.15. The molecular formula is C20H22N4O2. The molecule has 1 aliphatic heterocycles. The van der Waals surface area contributed by atoms with Crippen molar-refractivity contribution >= 4 is 17.5 Å². The molecule has 0 atom stereocenters. The topological polar surface area (TPSA) is 67.2 Å². The summed E-state index contributed by atoms with van der Waals surface area (Å²) in [5, 5.41) is 7.16. The van der Waals surface area contributed by atoms with Gasteiger partial charge in [-0.05, 0) is 57.0 Å². The first-order valence-corrected chi connectivity index (χ1v) is 8.67. The number of terminal acetylenes is 1. The van der Waals surface area contributed by atoms with Gasteiger partial charge in [-0.1, -0.05) is 5.92 Å². The Bertz CT molecular complexity index is 853. The van der Waals surface area contributed by atoms with Crippen molar-refractivity contribution in [1.29, 1.82) is 0 Å². The van der Waals surface area contributed by atoms with Gasteiger partial charge in [-0.2, -0.15) is 5.10 Å². The van der Waals surface area contributed by atoms with Crippen molar-refractivity contribution in [2.75, 3.05) is 18.4 Å². The van der Waals surface area contributed by atoms with Crippen molar-refractivity contribution in [3.63, 3.8) is 0 Å². The highest BCUT2D eigenvalue weighted by Gasteiger charge is 2.28. The molecule has 0 aliphatic carbocycles. The van der Waals surface area contributed by atoms with E-state index in [0.717, 1.165) is 29.8 Å². The molecule has 0 spiro atoms. The van der Waals surface area contributed by atoms with Crippen LogP contribution in [0.15, 0.2) is 30.3 Å². The molecule has 134 valence electrons. The van der Waals surface area contributed by atoms with Crippen molar-refractivity contribution in [1.82, 2.24) is 14.7 Å². The van der Waals surface area contributed by atoms with Crippen LogP contribution >= 0.6 is 0 Å². The molecule has 3 rings (SSSR count). The van der Waals surface area contributed by atoms with E-state index in [4.69, 9.17) is 6.42 Å². The number of nitrogens with one attached hydrogen (secondary N) is 1. The Morgan fingerprint density at radius 3 is 2.38 bits per heavy atom. The highest BCUT2D eigenvalue weighted by molar-refractivity contribution is 6.39. The Balaban J connectivity index is 1.56. The number of benzene rings is 1. The summed E-state index contributed by atoms with van der Waals surface area (Å²) in [6.07, 6.45) is 6.89. The van der Waals surface area contributed by atoms with Gasteiger partial charge in [0.15, 0.2) is 0 Å². The predicted octanol–water partition coefficient (Wildman–Crippen LogP) is 2.28. The van der Waals surface area contributed by atoms with Crippen LogP contribution in [0, 0.1) is 26.2 Å². The molecule has 1 saturated heterocycles. The molecule has 0 radical (unpaired) electrons. The average molecular weight is 350 g/mol. The smallest absolute Gasteiger partial charge is 0.313 e. The second kappa shape index (κ2) is 7.44. The molecule has 1 fully saturated rings.